The van der Waals surface area contributed by atoms with Crippen molar-refractivity contribution in [1.82, 2.24) is 10.6 Å². The highest BCUT2D eigenvalue weighted by Gasteiger charge is 2.22. The van der Waals surface area contributed by atoms with Crippen molar-refractivity contribution in [1.29, 1.82) is 0 Å². The Kier molecular flexibility index (Phi) is 5.76. The van der Waals surface area contributed by atoms with Crippen molar-refractivity contribution in [3.8, 4) is 0 Å². The molecule has 2 atom stereocenters. The topological polar surface area (TPSA) is 87.3 Å². The number of para-hydroxylation sites is 1. The Balaban J connectivity index is 1.76. The molecule has 1 fully saturated rings. The summed E-state index contributed by atoms with van der Waals surface area (Å²) in [6.07, 6.45) is 1.64. The Hall–Kier alpha value is -2.45. The second-order valence-corrected chi connectivity index (χ2v) is 8.35. The van der Waals surface area contributed by atoms with Crippen LogP contribution in [0.15, 0.2) is 53.4 Å². The summed E-state index contributed by atoms with van der Waals surface area (Å²) in [5.74, 6) is -0.993. The third kappa shape index (κ3) is 4.84. The van der Waals surface area contributed by atoms with Gasteiger partial charge in [-0.1, -0.05) is 18.2 Å². The number of hydrogen-bond donors (Lipinski definition) is 3. The van der Waals surface area contributed by atoms with Crippen LogP contribution >= 0.6 is 0 Å². The van der Waals surface area contributed by atoms with Gasteiger partial charge in [0.05, 0.1) is 10.6 Å². The minimum absolute atomic E-state index is 0.0468. The molecule has 1 amide bonds. The molecule has 1 heterocycles. The van der Waals surface area contributed by atoms with E-state index in [1.54, 1.807) is 6.07 Å². The minimum Gasteiger partial charge on any atom is -0.349 e. The summed E-state index contributed by atoms with van der Waals surface area (Å²) in [6.45, 7) is 2.88. The van der Waals surface area contributed by atoms with E-state index in [0.717, 1.165) is 19.4 Å². The molecule has 2 aromatic carbocycles. The smallest absolute Gasteiger partial charge is 0.262 e. The van der Waals surface area contributed by atoms with Gasteiger partial charge in [0.1, 0.15) is 5.82 Å². The molecule has 6 nitrogen and oxygen atoms in total. The van der Waals surface area contributed by atoms with Gasteiger partial charge in [-0.2, -0.15) is 0 Å². The highest BCUT2D eigenvalue weighted by Crippen LogP contribution is 2.20. The van der Waals surface area contributed by atoms with Crippen LogP contribution in [0.2, 0.25) is 0 Å². The van der Waals surface area contributed by atoms with Crippen LogP contribution in [0, 0.1) is 5.82 Å². The van der Waals surface area contributed by atoms with Crippen molar-refractivity contribution in [2.75, 3.05) is 11.3 Å². The van der Waals surface area contributed by atoms with Crippen molar-refractivity contribution in [3.05, 3.63) is 59.9 Å². The van der Waals surface area contributed by atoms with Crippen molar-refractivity contribution < 1.29 is 17.6 Å². The number of carbonyl (C=O) groups is 1. The molecule has 8 heteroatoms. The van der Waals surface area contributed by atoms with E-state index < -0.39 is 15.8 Å². The number of halogens is 1. The summed E-state index contributed by atoms with van der Waals surface area (Å²) in [7, 11) is -4.01. The molecule has 2 aromatic rings. The molecule has 0 spiro atoms. The van der Waals surface area contributed by atoms with Crippen molar-refractivity contribution in [2.24, 2.45) is 0 Å². The van der Waals surface area contributed by atoms with Gasteiger partial charge in [0.15, 0.2) is 0 Å². The molecule has 0 radical (unpaired) electrons. The van der Waals surface area contributed by atoms with E-state index in [1.165, 1.54) is 42.5 Å². The van der Waals surface area contributed by atoms with Crippen LogP contribution in [0.3, 0.4) is 0 Å². The molecule has 144 valence electrons. The summed E-state index contributed by atoms with van der Waals surface area (Å²) < 4.78 is 41.0. The first-order valence-electron chi connectivity index (χ1n) is 8.77. The number of piperidine rings is 1. The maximum Gasteiger partial charge on any atom is 0.262 e. The van der Waals surface area contributed by atoms with Gasteiger partial charge in [0.25, 0.3) is 15.9 Å². The fourth-order valence-corrected chi connectivity index (χ4v) is 4.20. The van der Waals surface area contributed by atoms with Gasteiger partial charge in [-0.3, -0.25) is 9.52 Å². The van der Waals surface area contributed by atoms with Gasteiger partial charge in [-0.15, -0.1) is 0 Å². The Labute approximate surface area is 158 Å². The van der Waals surface area contributed by atoms with Crippen molar-refractivity contribution >= 4 is 21.6 Å². The number of anilines is 1. The second-order valence-electron chi connectivity index (χ2n) is 6.66. The molecular formula is C19H22FN3O3S. The predicted molar refractivity (Wildman–Crippen MR) is 102 cm³/mol. The van der Waals surface area contributed by atoms with E-state index in [9.17, 15) is 17.6 Å². The molecular weight excluding hydrogens is 369 g/mol. The van der Waals surface area contributed by atoms with Crippen LogP contribution in [0.25, 0.3) is 0 Å². The van der Waals surface area contributed by atoms with Crippen LogP contribution in [0.1, 0.15) is 30.1 Å². The van der Waals surface area contributed by atoms with Crippen molar-refractivity contribution in [3.63, 3.8) is 0 Å². The lowest BCUT2D eigenvalue weighted by molar-refractivity contribution is 0.0925. The standard InChI is InChI=1S/C19H22FN3O3S/c1-13-11-15(9-10-21-13)22-19(24)14-5-4-6-16(12-14)27(25,26)23-18-8-3-2-7-17(18)20/h2-8,12-13,15,21,23H,9-11H2,1H3,(H,22,24). The predicted octanol–water partition coefficient (Wildman–Crippen LogP) is 2.50. The molecule has 0 saturated carbocycles. The molecule has 1 aliphatic rings. The maximum absolute atomic E-state index is 13.7. The van der Waals surface area contributed by atoms with E-state index >= 15 is 0 Å². The highest BCUT2D eigenvalue weighted by atomic mass is 32.2. The Morgan fingerprint density at radius 3 is 2.70 bits per heavy atom. The molecule has 0 aliphatic carbocycles. The van der Waals surface area contributed by atoms with E-state index in [1.807, 2.05) is 0 Å². The third-order valence-corrected chi connectivity index (χ3v) is 5.85. The molecule has 3 rings (SSSR count). The first-order valence-corrected chi connectivity index (χ1v) is 10.2. The van der Waals surface area contributed by atoms with Gasteiger partial charge in [-0.05, 0) is 56.6 Å². The SMILES string of the molecule is CC1CC(NC(=O)c2cccc(S(=O)(=O)Nc3ccccc3F)c2)CCN1. The van der Waals surface area contributed by atoms with E-state index in [2.05, 4.69) is 22.3 Å². The van der Waals surface area contributed by atoms with Gasteiger partial charge in [-0.25, -0.2) is 12.8 Å². The number of amides is 1. The minimum atomic E-state index is -4.01. The normalized spacial score (nSPS) is 20.1. The van der Waals surface area contributed by atoms with Crippen LogP contribution in [0.4, 0.5) is 10.1 Å². The summed E-state index contributed by atoms with van der Waals surface area (Å²) in [4.78, 5) is 12.4. The molecule has 0 aromatic heterocycles. The number of benzene rings is 2. The first kappa shape index (κ1) is 19.3. The summed E-state index contributed by atoms with van der Waals surface area (Å²) in [6, 6.07) is 11.6. The summed E-state index contributed by atoms with van der Waals surface area (Å²) >= 11 is 0. The zero-order valence-electron chi connectivity index (χ0n) is 14.9. The maximum atomic E-state index is 13.7. The Morgan fingerprint density at radius 2 is 1.96 bits per heavy atom. The van der Waals surface area contributed by atoms with Crippen LogP contribution in [-0.2, 0) is 10.0 Å². The lowest BCUT2D eigenvalue weighted by Gasteiger charge is -2.28. The average molecular weight is 391 g/mol. The van der Waals surface area contributed by atoms with Gasteiger partial charge in [0, 0.05) is 17.6 Å². The fraction of sp³-hybridized carbons (Fsp3) is 0.316. The number of carbonyl (C=O) groups excluding carboxylic acids is 1. The monoisotopic (exact) mass is 391 g/mol. The zero-order chi connectivity index (χ0) is 19.4. The molecule has 1 aliphatic heterocycles. The van der Waals surface area contributed by atoms with Gasteiger partial charge < -0.3 is 10.6 Å². The van der Waals surface area contributed by atoms with Gasteiger partial charge in [0.2, 0.25) is 0 Å². The molecule has 2 unspecified atom stereocenters. The quantitative estimate of drug-likeness (QED) is 0.731. The summed E-state index contributed by atoms with van der Waals surface area (Å²) in [5.41, 5.74) is 0.105. The Morgan fingerprint density at radius 1 is 1.19 bits per heavy atom. The van der Waals surface area contributed by atoms with E-state index in [0.29, 0.717) is 6.04 Å². The average Bonchev–Trinajstić information content (AvgIpc) is 2.64. The molecule has 27 heavy (non-hydrogen) atoms. The first-order chi connectivity index (χ1) is 12.8. The molecule has 1 saturated heterocycles. The van der Waals surface area contributed by atoms with Crippen molar-refractivity contribution in [2.45, 2.75) is 36.7 Å². The molecule has 3 N–H and O–H groups in total. The Bertz CT molecular complexity index is 933. The largest absolute Gasteiger partial charge is 0.349 e. The van der Waals surface area contributed by atoms with E-state index in [-0.39, 0.29) is 28.1 Å². The number of rotatable bonds is 5. The number of nitrogens with one attached hydrogen (secondary N) is 3. The van der Waals surface area contributed by atoms with Crippen LogP contribution in [-0.4, -0.2) is 33.0 Å². The zero-order valence-corrected chi connectivity index (χ0v) is 15.7. The second kappa shape index (κ2) is 8.06. The lowest BCUT2D eigenvalue weighted by atomic mass is 10.0. The van der Waals surface area contributed by atoms with E-state index in [4.69, 9.17) is 0 Å². The van der Waals surface area contributed by atoms with Crippen LogP contribution < -0.4 is 15.4 Å². The third-order valence-electron chi connectivity index (χ3n) is 4.48. The fourth-order valence-electron chi connectivity index (χ4n) is 3.08. The molecule has 0 bridgehead atoms. The number of hydrogen-bond acceptors (Lipinski definition) is 4. The highest BCUT2D eigenvalue weighted by molar-refractivity contribution is 7.92. The number of sulfonamides is 1. The van der Waals surface area contributed by atoms with Gasteiger partial charge >= 0.3 is 0 Å². The lowest BCUT2D eigenvalue weighted by Crippen LogP contribution is -2.46. The summed E-state index contributed by atoms with van der Waals surface area (Å²) in [5, 5.41) is 6.26. The van der Waals surface area contributed by atoms with Crippen LogP contribution in [0.5, 0.6) is 0 Å².